The van der Waals surface area contributed by atoms with Crippen LogP contribution in [-0.2, 0) is 16.4 Å². The third-order valence-corrected chi connectivity index (χ3v) is 7.04. The van der Waals surface area contributed by atoms with E-state index in [-0.39, 0.29) is 24.7 Å². The lowest BCUT2D eigenvalue weighted by Gasteiger charge is -2.04. The average molecular weight is 510 g/mol. The van der Waals surface area contributed by atoms with Crippen LogP contribution >= 0.6 is 11.3 Å². The monoisotopic (exact) mass is 509 g/mol. The van der Waals surface area contributed by atoms with Crippen LogP contribution in [0.3, 0.4) is 0 Å². The number of aromatic nitrogens is 2. The van der Waals surface area contributed by atoms with E-state index in [9.17, 15) is 18.3 Å². The summed E-state index contributed by atoms with van der Waals surface area (Å²) in [5, 5.41) is 14.9. The number of carbonyl (C=O) groups is 1. The maximum Gasteiger partial charge on any atom is 0.267 e. The Morgan fingerprint density at radius 1 is 1.29 bits per heavy atom. The van der Waals surface area contributed by atoms with Gasteiger partial charge in [0.05, 0.1) is 4.70 Å². The van der Waals surface area contributed by atoms with Gasteiger partial charge in [0.25, 0.3) is 5.91 Å². The molecule has 0 spiro atoms. The number of hydrogen-bond acceptors (Lipinski definition) is 7. The fourth-order valence-electron chi connectivity index (χ4n) is 3.54. The number of phenols is 1. The SMILES string of the molecule is C=CS(=O)(=O)NCCNC(=O)c1cc2cccc(CCC#Cc3cc(O)c4nc(N)sc4c3)c2[nH]1. The molecule has 0 atom stereocenters. The second-order valence-electron chi connectivity index (χ2n) is 7.62. The van der Waals surface area contributed by atoms with Crippen molar-refractivity contribution in [3.63, 3.8) is 0 Å². The molecule has 0 saturated carbocycles. The first-order valence-electron chi connectivity index (χ1n) is 10.6. The lowest BCUT2D eigenvalue weighted by atomic mass is 10.1. The summed E-state index contributed by atoms with van der Waals surface area (Å²) in [7, 11) is -3.52. The zero-order chi connectivity index (χ0) is 25.0. The number of H-pyrrole nitrogens is 1. The number of para-hydroxylation sites is 1. The number of nitrogen functional groups attached to an aromatic ring is 1. The molecule has 6 N–H and O–H groups in total. The number of aromatic hydroxyl groups is 1. The molecule has 0 aliphatic heterocycles. The summed E-state index contributed by atoms with van der Waals surface area (Å²) in [5.41, 5.74) is 9.14. The Balaban J connectivity index is 1.40. The molecule has 1 amide bonds. The van der Waals surface area contributed by atoms with Gasteiger partial charge in [0.1, 0.15) is 17.0 Å². The summed E-state index contributed by atoms with van der Waals surface area (Å²) < 4.78 is 25.8. The number of nitrogens with one attached hydrogen (secondary N) is 3. The van der Waals surface area contributed by atoms with E-state index in [2.05, 4.69) is 38.4 Å². The molecule has 0 fully saturated rings. The predicted molar refractivity (Wildman–Crippen MR) is 139 cm³/mol. The molecule has 0 bridgehead atoms. The number of hydrogen-bond donors (Lipinski definition) is 5. The van der Waals surface area contributed by atoms with Gasteiger partial charge < -0.3 is 21.1 Å². The molecule has 0 aliphatic rings. The van der Waals surface area contributed by atoms with E-state index >= 15 is 0 Å². The van der Waals surface area contributed by atoms with Crippen molar-refractivity contribution >= 4 is 53.5 Å². The zero-order valence-electron chi connectivity index (χ0n) is 18.6. The van der Waals surface area contributed by atoms with Gasteiger partial charge in [-0.2, -0.15) is 0 Å². The Kier molecular flexibility index (Phi) is 7.07. The molecule has 2 aromatic heterocycles. The summed E-state index contributed by atoms with van der Waals surface area (Å²) in [5.74, 6) is 5.93. The van der Waals surface area contributed by atoms with Crippen molar-refractivity contribution in [2.45, 2.75) is 12.8 Å². The fraction of sp³-hybridized carbons (Fsp3) is 0.167. The van der Waals surface area contributed by atoms with Crippen molar-refractivity contribution in [3.8, 4) is 17.6 Å². The number of nitrogens with two attached hydrogens (primary N) is 1. The standard InChI is InChI=1S/C24H23N5O4S2/c1-2-35(32,33)27-11-10-26-23(31)18-14-17-9-5-8-16(21(17)28-18)7-4-3-6-15-12-19(30)22-20(13-15)34-24(25)29-22/h2,5,8-9,12-14,27-28,30H,1,4,7,10-11H2,(H2,25,29)(H,26,31). The highest BCUT2D eigenvalue weighted by Crippen LogP contribution is 2.31. The number of fused-ring (bicyclic) bond motifs is 2. The highest BCUT2D eigenvalue weighted by Gasteiger charge is 2.12. The normalized spacial score (nSPS) is 11.3. The lowest BCUT2D eigenvalue weighted by molar-refractivity contribution is 0.0950. The van der Waals surface area contributed by atoms with Crippen molar-refractivity contribution in [3.05, 3.63) is 65.2 Å². The first-order valence-corrected chi connectivity index (χ1v) is 13.0. The maximum absolute atomic E-state index is 12.5. The van der Waals surface area contributed by atoms with E-state index in [0.717, 1.165) is 26.6 Å². The smallest absolute Gasteiger partial charge is 0.267 e. The van der Waals surface area contributed by atoms with Gasteiger partial charge in [-0.15, -0.1) is 0 Å². The van der Waals surface area contributed by atoms with Gasteiger partial charge in [-0.05, 0) is 30.2 Å². The Hall–Kier alpha value is -3.85. The first kappa shape index (κ1) is 24.3. The molecule has 9 nitrogen and oxygen atoms in total. The van der Waals surface area contributed by atoms with Crippen LogP contribution in [0, 0.1) is 11.8 Å². The van der Waals surface area contributed by atoms with Crippen LogP contribution in [0.4, 0.5) is 5.13 Å². The minimum Gasteiger partial charge on any atom is -0.506 e. The number of aryl methyl sites for hydroxylation is 1. The second kappa shape index (κ2) is 10.2. The van der Waals surface area contributed by atoms with Gasteiger partial charge >= 0.3 is 0 Å². The molecule has 180 valence electrons. The summed E-state index contributed by atoms with van der Waals surface area (Å²) in [6.45, 7) is 3.42. The Morgan fingerprint density at radius 3 is 2.91 bits per heavy atom. The number of phenolic OH excluding ortho intramolecular Hbond substituents is 1. The first-order chi connectivity index (χ1) is 16.8. The molecule has 0 aliphatic carbocycles. The van der Waals surface area contributed by atoms with E-state index in [4.69, 9.17) is 5.73 Å². The minimum atomic E-state index is -3.52. The molecule has 11 heteroatoms. The van der Waals surface area contributed by atoms with E-state index in [1.54, 1.807) is 12.1 Å². The highest BCUT2D eigenvalue weighted by molar-refractivity contribution is 7.92. The van der Waals surface area contributed by atoms with Crippen molar-refractivity contribution in [2.24, 2.45) is 0 Å². The number of carbonyl (C=O) groups excluding carboxylic acids is 1. The average Bonchev–Trinajstić information content (AvgIpc) is 3.43. The van der Waals surface area contributed by atoms with Crippen molar-refractivity contribution in [2.75, 3.05) is 18.8 Å². The Bertz CT molecular complexity index is 1590. The van der Waals surface area contributed by atoms with Crippen molar-refractivity contribution < 1.29 is 18.3 Å². The lowest BCUT2D eigenvalue weighted by Crippen LogP contribution is -2.34. The molecule has 2 aromatic carbocycles. The van der Waals surface area contributed by atoms with E-state index in [1.165, 1.54) is 11.3 Å². The van der Waals surface area contributed by atoms with E-state index < -0.39 is 10.0 Å². The van der Waals surface area contributed by atoms with Crippen LogP contribution < -0.4 is 15.8 Å². The van der Waals surface area contributed by atoms with Crippen molar-refractivity contribution in [1.29, 1.82) is 0 Å². The highest BCUT2D eigenvalue weighted by atomic mass is 32.2. The summed E-state index contributed by atoms with van der Waals surface area (Å²) in [6.07, 6.45) is 1.24. The number of aromatic amines is 1. The fourth-order valence-corrected chi connectivity index (χ4v) is 4.84. The van der Waals surface area contributed by atoms with Gasteiger partial charge in [0, 0.05) is 41.4 Å². The predicted octanol–water partition coefficient (Wildman–Crippen LogP) is 2.84. The molecule has 0 unspecified atom stereocenters. The van der Waals surface area contributed by atoms with Crippen LogP contribution in [0.15, 0.2) is 48.4 Å². The Morgan fingerprint density at radius 2 is 2.11 bits per heavy atom. The molecule has 35 heavy (non-hydrogen) atoms. The second-order valence-corrected chi connectivity index (χ2v) is 10.4. The molecular weight excluding hydrogens is 486 g/mol. The van der Waals surface area contributed by atoms with E-state index in [1.807, 2.05) is 24.3 Å². The van der Waals surface area contributed by atoms with Crippen LogP contribution in [0.2, 0.25) is 0 Å². The van der Waals surface area contributed by atoms with Gasteiger partial charge in [-0.3, -0.25) is 4.79 Å². The number of nitrogens with zero attached hydrogens (tertiary/aromatic N) is 1. The third-order valence-electron chi connectivity index (χ3n) is 5.16. The van der Waals surface area contributed by atoms with Gasteiger partial charge in [0.15, 0.2) is 5.13 Å². The number of benzene rings is 2. The molecule has 4 aromatic rings. The summed E-state index contributed by atoms with van der Waals surface area (Å²) >= 11 is 1.30. The quantitative estimate of drug-likeness (QED) is 0.182. The van der Waals surface area contributed by atoms with Gasteiger partial charge in [-0.25, -0.2) is 18.1 Å². The molecule has 4 rings (SSSR count). The molecular formula is C24H23N5O4S2. The number of sulfonamides is 1. The minimum absolute atomic E-state index is 0.0554. The van der Waals surface area contributed by atoms with Gasteiger partial charge in [0.2, 0.25) is 10.0 Å². The van der Waals surface area contributed by atoms with E-state index in [0.29, 0.717) is 34.7 Å². The maximum atomic E-state index is 12.5. The molecule has 0 radical (unpaired) electrons. The van der Waals surface area contributed by atoms with Gasteiger partial charge in [-0.1, -0.05) is 48.0 Å². The summed E-state index contributed by atoms with van der Waals surface area (Å²) in [4.78, 5) is 19.7. The number of anilines is 1. The zero-order valence-corrected chi connectivity index (χ0v) is 20.2. The van der Waals surface area contributed by atoms with Crippen LogP contribution in [0.1, 0.15) is 28.0 Å². The van der Waals surface area contributed by atoms with Crippen LogP contribution in [-0.4, -0.2) is 42.5 Å². The van der Waals surface area contributed by atoms with Crippen molar-refractivity contribution in [1.82, 2.24) is 20.0 Å². The summed E-state index contributed by atoms with van der Waals surface area (Å²) in [6, 6.07) is 11.0. The third kappa shape index (κ3) is 5.81. The molecule has 0 saturated heterocycles. The Labute approximate surface area is 206 Å². The largest absolute Gasteiger partial charge is 0.506 e. The van der Waals surface area contributed by atoms with Crippen LogP contribution in [0.25, 0.3) is 21.1 Å². The van der Waals surface area contributed by atoms with Crippen LogP contribution in [0.5, 0.6) is 5.75 Å². The number of rotatable bonds is 8. The number of amides is 1. The topological polar surface area (TPSA) is 150 Å². The number of thiazole rings is 1. The molecule has 2 heterocycles.